The quantitative estimate of drug-likeness (QED) is 0.330. The van der Waals surface area contributed by atoms with Crippen LogP contribution in [0.2, 0.25) is 0 Å². The first-order valence-electron chi connectivity index (χ1n) is 9.47. The number of hydrogen-bond donors (Lipinski definition) is 0. The Hall–Kier alpha value is -1.35. The van der Waals surface area contributed by atoms with Gasteiger partial charge in [-0.05, 0) is 34.1 Å². The first kappa shape index (κ1) is 22.9. The van der Waals surface area contributed by atoms with Gasteiger partial charge in [0.1, 0.15) is 0 Å². The standard InChI is InChI=1S/C25H24.CH3Cl.Zr/c1-4-5-16-25(17-10-11-18-25)24(2,3)23-21-14-8-6-12-19(21)20-13-7-9-15-22(20)23;1-2;/h1,6-15,17-18,23H,5,16H2,2-3H3;1H3;. The topological polar surface area (TPSA) is 0 Å². The maximum Gasteiger partial charge on any atom is 0.0164 e. The Labute approximate surface area is 194 Å². The summed E-state index contributed by atoms with van der Waals surface area (Å²) in [7, 11) is 0. The molecule has 0 amide bonds. The zero-order chi connectivity index (χ0) is 19.5. The van der Waals surface area contributed by atoms with Crippen molar-refractivity contribution in [2.24, 2.45) is 10.8 Å². The Kier molecular flexibility index (Phi) is 7.73. The van der Waals surface area contributed by atoms with Crippen LogP contribution in [0.1, 0.15) is 43.7 Å². The normalized spacial score (nSPS) is 15.7. The van der Waals surface area contributed by atoms with Crippen LogP contribution in [-0.2, 0) is 26.2 Å². The number of fused-ring (bicyclic) bond motifs is 3. The van der Waals surface area contributed by atoms with Crippen LogP contribution < -0.4 is 0 Å². The largest absolute Gasteiger partial charge is 0.130 e. The number of terminal acetylenes is 1. The summed E-state index contributed by atoms with van der Waals surface area (Å²) in [5, 5.41) is 0. The van der Waals surface area contributed by atoms with Crippen molar-refractivity contribution in [1.29, 1.82) is 0 Å². The molecule has 0 nitrogen and oxygen atoms in total. The molecule has 142 valence electrons. The van der Waals surface area contributed by atoms with Gasteiger partial charge in [-0.1, -0.05) is 86.7 Å². The SMILES string of the molecule is C#CCCC1(C(C)(C)C2c3ccccc3-c3ccccc32)C=CC=C1.CCl.[Zr]. The van der Waals surface area contributed by atoms with Crippen molar-refractivity contribution in [3.8, 4) is 23.5 Å². The monoisotopic (exact) mass is 464 g/mol. The molecule has 0 unspecified atom stereocenters. The number of alkyl halides is 1. The number of allylic oxidation sites excluding steroid dienone is 4. The van der Waals surface area contributed by atoms with Crippen molar-refractivity contribution in [3.63, 3.8) is 0 Å². The van der Waals surface area contributed by atoms with Crippen LogP contribution in [-0.4, -0.2) is 6.38 Å². The Morgan fingerprint density at radius 1 is 0.929 bits per heavy atom. The first-order valence-corrected chi connectivity index (χ1v) is 10.2. The molecule has 0 aliphatic heterocycles. The second kappa shape index (κ2) is 9.43. The Bertz CT molecular complexity index is 857. The van der Waals surface area contributed by atoms with Gasteiger partial charge < -0.3 is 0 Å². The van der Waals surface area contributed by atoms with E-state index in [9.17, 15) is 0 Å². The average molecular weight is 466 g/mol. The molecule has 0 spiro atoms. The van der Waals surface area contributed by atoms with E-state index < -0.39 is 0 Å². The molecule has 0 heterocycles. The van der Waals surface area contributed by atoms with Crippen molar-refractivity contribution in [1.82, 2.24) is 0 Å². The van der Waals surface area contributed by atoms with Crippen molar-refractivity contribution in [2.45, 2.75) is 32.6 Å². The molecule has 0 N–H and O–H groups in total. The summed E-state index contributed by atoms with van der Waals surface area (Å²) in [6.45, 7) is 4.82. The molecule has 4 rings (SSSR count). The van der Waals surface area contributed by atoms with Crippen molar-refractivity contribution < 1.29 is 26.2 Å². The van der Waals surface area contributed by atoms with Crippen LogP contribution in [0, 0.1) is 23.2 Å². The van der Waals surface area contributed by atoms with Crippen LogP contribution in [0.4, 0.5) is 0 Å². The van der Waals surface area contributed by atoms with Crippen molar-refractivity contribution >= 4 is 11.6 Å². The van der Waals surface area contributed by atoms with Gasteiger partial charge in [-0.2, -0.15) is 0 Å². The molecule has 0 radical (unpaired) electrons. The van der Waals surface area contributed by atoms with E-state index in [1.807, 2.05) is 0 Å². The van der Waals surface area contributed by atoms with Gasteiger partial charge in [0.15, 0.2) is 0 Å². The van der Waals surface area contributed by atoms with Gasteiger partial charge in [0.2, 0.25) is 0 Å². The molecule has 2 aromatic carbocycles. The van der Waals surface area contributed by atoms with E-state index in [4.69, 9.17) is 6.42 Å². The van der Waals surface area contributed by atoms with E-state index in [0.717, 1.165) is 12.8 Å². The van der Waals surface area contributed by atoms with Crippen molar-refractivity contribution in [3.05, 3.63) is 84.0 Å². The minimum Gasteiger partial charge on any atom is -0.130 e. The maximum absolute atomic E-state index is 5.62. The summed E-state index contributed by atoms with van der Waals surface area (Å²) >= 11 is 4.64. The van der Waals surface area contributed by atoms with Crippen LogP contribution in [0.25, 0.3) is 11.1 Å². The molecule has 0 saturated carbocycles. The Morgan fingerprint density at radius 3 is 1.86 bits per heavy atom. The molecule has 0 saturated heterocycles. The van der Waals surface area contributed by atoms with Gasteiger partial charge in [-0.15, -0.1) is 23.9 Å². The summed E-state index contributed by atoms with van der Waals surface area (Å²) in [6.07, 6.45) is 18.0. The minimum atomic E-state index is -0.00536. The zero-order valence-corrected chi connectivity index (χ0v) is 20.1. The van der Waals surface area contributed by atoms with Gasteiger partial charge in [-0.3, -0.25) is 0 Å². The molecule has 0 fully saturated rings. The van der Waals surface area contributed by atoms with E-state index in [1.165, 1.54) is 28.6 Å². The molecule has 2 aromatic rings. The van der Waals surface area contributed by atoms with E-state index in [2.05, 4.69) is 104 Å². The molecule has 0 aromatic heterocycles. The maximum atomic E-state index is 5.62. The zero-order valence-electron chi connectivity index (χ0n) is 16.9. The molecule has 2 heteroatoms. The molecular formula is C26H27ClZr. The van der Waals surface area contributed by atoms with Crippen LogP contribution in [0.3, 0.4) is 0 Å². The average Bonchev–Trinajstić information content (AvgIpc) is 3.32. The van der Waals surface area contributed by atoms with Gasteiger partial charge >= 0.3 is 0 Å². The molecule has 0 atom stereocenters. The minimum absolute atomic E-state index is 0. The van der Waals surface area contributed by atoms with Crippen LogP contribution >= 0.6 is 11.6 Å². The molecule has 2 aliphatic rings. The summed E-state index contributed by atoms with van der Waals surface area (Å²) in [6, 6.07) is 17.8. The van der Waals surface area contributed by atoms with Gasteiger partial charge in [0, 0.05) is 50.3 Å². The molecule has 2 aliphatic carbocycles. The summed E-state index contributed by atoms with van der Waals surface area (Å²) in [4.78, 5) is 0. The summed E-state index contributed by atoms with van der Waals surface area (Å²) in [5.41, 5.74) is 5.68. The van der Waals surface area contributed by atoms with Gasteiger partial charge in [0.25, 0.3) is 0 Å². The number of rotatable bonds is 4. The number of halogens is 1. The fourth-order valence-corrected chi connectivity index (χ4v) is 4.91. The first-order chi connectivity index (χ1) is 13.1. The second-order valence-corrected chi connectivity index (χ2v) is 7.79. The van der Waals surface area contributed by atoms with Crippen LogP contribution in [0.5, 0.6) is 0 Å². The van der Waals surface area contributed by atoms with E-state index in [0.29, 0.717) is 5.92 Å². The fourth-order valence-electron chi connectivity index (χ4n) is 4.91. The van der Waals surface area contributed by atoms with E-state index >= 15 is 0 Å². The molecule has 28 heavy (non-hydrogen) atoms. The number of benzene rings is 2. The number of hydrogen-bond acceptors (Lipinski definition) is 0. The molecular weight excluding hydrogens is 439 g/mol. The summed E-state index contributed by atoms with van der Waals surface area (Å²) < 4.78 is 0. The van der Waals surface area contributed by atoms with Crippen LogP contribution in [0.15, 0.2) is 72.8 Å². The van der Waals surface area contributed by atoms with Crippen molar-refractivity contribution in [2.75, 3.05) is 6.38 Å². The predicted molar refractivity (Wildman–Crippen MR) is 118 cm³/mol. The van der Waals surface area contributed by atoms with Gasteiger partial charge in [-0.25, -0.2) is 0 Å². The fraction of sp³-hybridized carbons (Fsp3) is 0.308. The third kappa shape index (κ3) is 3.63. The Morgan fingerprint density at radius 2 is 1.39 bits per heavy atom. The third-order valence-corrected chi connectivity index (χ3v) is 6.34. The van der Waals surface area contributed by atoms with E-state index in [1.54, 1.807) is 0 Å². The predicted octanol–water partition coefficient (Wildman–Crippen LogP) is 7.20. The second-order valence-electron chi connectivity index (χ2n) is 7.79. The summed E-state index contributed by atoms with van der Waals surface area (Å²) in [5.74, 6) is 3.22. The van der Waals surface area contributed by atoms with E-state index in [-0.39, 0.29) is 37.0 Å². The molecule has 0 bridgehead atoms. The van der Waals surface area contributed by atoms with Gasteiger partial charge in [0.05, 0.1) is 0 Å². The third-order valence-electron chi connectivity index (χ3n) is 6.34. The Balaban J connectivity index is 0.000000906. The smallest absolute Gasteiger partial charge is 0.0164 e.